The molecule has 0 atom stereocenters. The Balaban J connectivity index is 3.04. The Morgan fingerprint density at radius 2 is 1.09 bits per heavy atom. The Kier molecular flexibility index (Phi) is 19.0. The van der Waals surface area contributed by atoms with Crippen LogP contribution in [0.1, 0.15) is 110 Å². The molecule has 0 saturated carbocycles. The molecule has 138 valence electrons. The summed E-state index contributed by atoms with van der Waals surface area (Å²) in [4.78, 5) is 11.3. The van der Waals surface area contributed by atoms with Gasteiger partial charge in [-0.2, -0.15) is 0 Å². The van der Waals surface area contributed by atoms with Gasteiger partial charge in [-0.3, -0.25) is 4.79 Å². The van der Waals surface area contributed by atoms with E-state index in [1.807, 2.05) is 0 Å². The van der Waals surface area contributed by atoms with E-state index >= 15 is 0 Å². The maximum absolute atomic E-state index is 11.3. The predicted molar refractivity (Wildman–Crippen MR) is 99.6 cm³/mol. The summed E-state index contributed by atoms with van der Waals surface area (Å²) in [6.45, 7) is 3.06. The second kappa shape index (κ2) is 19.5. The van der Waals surface area contributed by atoms with E-state index in [4.69, 9.17) is 10.5 Å². The Morgan fingerprint density at radius 3 is 1.48 bits per heavy atom. The molecule has 2 N–H and O–H groups in total. The molecule has 0 fully saturated rings. The first kappa shape index (κ1) is 22.4. The zero-order chi connectivity index (χ0) is 17.0. The fraction of sp³-hybridized carbons (Fsp3) is 0.950. The average molecular weight is 328 g/mol. The average Bonchev–Trinajstić information content (AvgIpc) is 2.56. The molecule has 0 aliphatic heterocycles. The summed E-state index contributed by atoms with van der Waals surface area (Å²) in [6, 6.07) is 0. The van der Waals surface area contributed by atoms with E-state index < -0.39 is 0 Å². The van der Waals surface area contributed by atoms with Gasteiger partial charge < -0.3 is 10.5 Å². The second-order valence-electron chi connectivity index (χ2n) is 6.71. The van der Waals surface area contributed by atoms with Crippen LogP contribution in [-0.4, -0.2) is 19.1 Å². The number of nitrogens with two attached hydrogens (primary N) is 1. The van der Waals surface area contributed by atoms with E-state index in [-0.39, 0.29) is 5.97 Å². The largest absolute Gasteiger partial charge is 0.464 e. The number of unbranched alkanes of at least 4 members (excludes halogenated alkanes) is 14. The first-order valence-electron chi connectivity index (χ1n) is 10.2. The van der Waals surface area contributed by atoms with Crippen LogP contribution in [0.15, 0.2) is 0 Å². The van der Waals surface area contributed by atoms with E-state index in [1.165, 1.54) is 83.5 Å². The molecule has 3 nitrogen and oxygen atoms in total. The maximum Gasteiger partial charge on any atom is 0.305 e. The van der Waals surface area contributed by atoms with Crippen molar-refractivity contribution < 1.29 is 9.53 Å². The maximum atomic E-state index is 11.3. The molecule has 0 spiro atoms. The van der Waals surface area contributed by atoms with Gasteiger partial charge in [0, 0.05) is 13.0 Å². The second-order valence-corrected chi connectivity index (χ2v) is 6.71. The van der Waals surface area contributed by atoms with Crippen LogP contribution in [-0.2, 0) is 9.53 Å². The Bertz CT molecular complexity index is 244. The molecule has 0 heterocycles. The number of hydrogen-bond donors (Lipinski definition) is 1. The lowest BCUT2D eigenvalue weighted by Crippen LogP contribution is -2.13. The molecule has 0 radical (unpaired) electrons. The van der Waals surface area contributed by atoms with Crippen molar-refractivity contribution in [2.24, 2.45) is 5.73 Å². The number of hydrogen-bond acceptors (Lipinski definition) is 3. The van der Waals surface area contributed by atoms with Crippen LogP contribution in [0.25, 0.3) is 0 Å². The van der Waals surface area contributed by atoms with Gasteiger partial charge in [-0.05, 0) is 6.42 Å². The molecule has 0 aliphatic carbocycles. The highest BCUT2D eigenvalue weighted by Crippen LogP contribution is 2.13. The normalized spacial score (nSPS) is 10.9. The highest BCUT2D eigenvalue weighted by atomic mass is 16.5. The minimum Gasteiger partial charge on any atom is -0.464 e. The quantitative estimate of drug-likeness (QED) is 0.257. The van der Waals surface area contributed by atoms with Gasteiger partial charge in [-0.25, -0.2) is 0 Å². The summed E-state index contributed by atoms with van der Waals surface area (Å²) in [6.07, 6.45) is 20.7. The van der Waals surface area contributed by atoms with E-state index in [1.54, 1.807) is 0 Å². The summed E-state index contributed by atoms with van der Waals surface area (Å²) in [5.74, 6) is -0.0925. The van der Waals surface area contributed by atoms with Crippen LogP contribution in [0.2, 0.25) is 0 Å². The number of carbonyl (C=O) groups is 1. The van der Waals surface area contributed by atoms with Gasteiger partial charge in [0.25, 0.3) is 0 Å². The molecule has 23 heavy (non-hydrogen) atoms. The predicted octanol–water partition coefficient (Wildman–Crippen LogP) is 5.75. The van der Waals surface area contributed by atoms with Crippen LogP contribution < -0.4 is 5.73 Å². The Hall–Kier alpha value is -0.570. The van der Waals surface area contributed by atoms with Crippen molar-refractivity contribution in [3.63, 3.8) is 0 Å². The zero-order valence-electron chi connectivity index (χ0n) is 15.6. The zero-order valence-corrected chi connectivity index (χ0v) is 15.6. The molecule has 0 aromatic heterocycles. The molecule has 0 saturated heterocycles. The third kappa shape index (κ3) is 19.4. The van der Waals surface area contributed by atoms with Crippen LogP contribution >= 0.6 is 0 Å². The van der Waals surface area contributed by atoms with Gasteiger partial charge in [0.2, 0.25) is 0 Å². The van der Waals surface area contributed by atoms with E-state index in [2.05, 4.69) is 6.92 Å². The summed E-state index contributed by atoms with van der Waals surface area (Å²) >= 11 is 0. The molecule has 0 aliphatic rings. The van der Waals surface area contributed by atoms with Crippen LogP contribution in [0.4, 0.5) is 0 Å². The standard InChI is InChI=1S/C20H41NO2/c1-2-3-4-5-6-7-8-9-10-11-12-13-14-15-16-17-20(22)23-19-18-21/h2-19,21H2,1H3. The van der Waals surface area contributed by atoms with Crippen molar-refractivity contribution in [1.82, 2.24) is 0 Å². The molecular weight excluding hydrogens is 286 g/mol. The molecule has 0 rings (SSSR count). The van der Waals surface area contributed by atoms with Crippen molar-refractivity contribution in [3.8, 4) is 0 Å². The van der Waals surface area contributed by atoms with Gasteiger partial charge in [-0.1, -0.05) is 96.8 Å². The topological polar surface area (TPSA) is 52.3 Å². The fourth-order valence-corrected chi connectivity index (χ4v) is 2.89. The molecule has 0 aromatic rings. The first-order valence-corrected chi connectivity index (χ1v) is 10.2. The van der Waals surface area contributed by atoms with Crippen molar-refractivity contribution in [3.05, 3.63) is 0 Å². The first-order chi connectivity index (χ1) is 11.3. The van der Waals surface area contributed by atoms with Crippen LogP contribution in [0, 0.1) is 0 Å². The Labute approximate surface area is 144 Å². The smallest absolute Gasteiger partial charge is 0.305 e. The SMILES string of the molecule is CCCCCCCCCCCCCCCCCC(=O)OCCN. The van der Waals surface area contributed by atoms with Crippen molar-refractivity contribution in [2.45, 2.75) is 110 Å². The minimum absolute atomic E-state index is 0.0925. The van der Waals surface area contributed by atoms with E-state index in [9.17, 15) is 4.79 Å². The van der Waals surface area contributed by atoms with Crippen molar-refractivity contribution in [2.75, 3.05) is 13.2 Å². The lowest BCUT2D eigenvalue weighted by molar-refractivity contribution is -0.143. The van der Waals surface area contributed by atoms with Gasteiger partial charge in [0.05, 0.1) is 0 Å². The summed E-state index contributed by atoms with van der Waals surface area (Å²) in [7, 11) is 0. The third-order valence-corrected chi connectivity index (χ3v) is 4.37. The minimum atomic E-state index is -0.0925. The van der Waals surface area contributed by atoms with Gasteiger partial charge >= 0.3 is 5.97 Å². The number of esters is 1. The number of carbonyl (C=O) groups excluding carboxylic acids is 1. The molecule has 0 unspecified atom stereocenters. The highest BCUT2D eigenvalue weighted by molar-refractivity contribution is 5.69. The summed E-state index contributed by atoms with van der Waals surface area (Å²) in [5.41, 5.74) is 5.29. The highest BCUT2D eigenvalue weighted by Gasteiger charge is 2.01. The lowest BCUT2D eigenvalue weighted by Gasteiger charge is -2.04. The van der Waals surface area contributed by atoms with Gasteiger partial charge in [-0.15, -0.1) is 0 Å². The monoisotopic (exact) mass is 327 g/mol. The fourth-order valence-electron chi connectivity index (χ4n) is 2.89. The third-order valence-electron chi connectivity index (χ3n) is 4.37. The molecule has 0 bridgehead atoms. The van der Waals surface area contributed by atoms with E-state index in [0.717, 1.165) is 12.8 Å². The molecule has 3 heteroatoms. The van der Waals surface area contributed by atoms with Gasteiger partial charge in [0.15, 0.2) is 0 Å². The lowest BCUT2D eigenvalue weighted by atomic mass is 10.0. The van der Waals surface area contributed by atoms with Crippen LogP contribution in [0.3, 0.4) is 0 Å². The molecular formula is C20H41NO2. The molecule has 0 aromatic carbocycles. The Morgan fingerprint density at radius 1 is 0.696 bits per heavy atom. The van der Waals surface area contributed by atoms with Crippen LogP contribution in [0.5, 0.6) is 0 Å². The van der Waals surface area contributed by atoms with Crippen molar-refractivity contribution >= 4 is 5.97 Å². The van der Waals surface area contributed by atoms with E-state index in [0.29, 0.717) is 19.6 Å². The van der Waals surface area contributed by atoms with Crippen molar-refractivity contribution in [1.29, 1.82) is 0 Å². The summed E-state index contributed by atoms with van der Waals surface area (Å²) in [5, 5.41) is 0. The number of ether oxygens (including phenoxy) is 1. The summed E-state index contributed by atoms with van der Waals surface area (Å²) < 4.78 is 4.95. The number of rotatable bonds is 18. The molecule has 0 amide bonds. The van der Waals surface area contributed by atoms with Gasteiger partial charge in [0.1, 0.15) is 6.61 Å².